The highest BCUT2D eigenvalue weighted by Crippen LogP contribution is 2.24. The second-order valence-electron chi connectivity index (χ2n) is 5.98. The number of hydrogen-bond donors (Lipinski definition) is 2. The van der Waals surface area contributed by atoms with E-state index in [2.05, 4.69) is 10.6 Å². The number of benzene rings is 1. The fraction of sp³-hybridized carbons (Fsp3) is 0.588. The maximum atomic E-state index is 13.2. The monoisotopic (exact) mass is 344 g/mol. The number of urea groups is 1. The van der Waals surface area contributed by atoms with Crippen LogP contribution >= 0.6 is 0 Å². The highest BCUT2D eigenvalue weighted by atomic mass is 19.4. The Hall–Kier alpha value is -1.76. The molecule has 1 aromatic rings. The van der Waals surface area contributed by atoms with Crippen LogP contribution in [0, 0.1) is 0 Å². The van der Waals surface area contributed by atoms with Gasteiger partial charge in [0.2, 0.25) is 0 Å². The zero-order valence-electron chi connectivity index (χ0n) is 13.4. The van der Waals surface area contributed by atoms with E-state index < -0.39 is 18.2 Å². The molecule has 7 heteroatoms. The molecule has 2 atom stereocenters. The van der Waals surface area contributed by atoms with Gasteiger partial charge >= 0.3 is 12.2 Å². The molecule has 1 aliphatic rings. The van der Waals surface area contributed by atoms with E-state index in [-0.39, 0.29) is 18.9 Å². The quantitative estimate of drug-likeness (QED) is 0.860. The number of alkyl halides is 3. The van der Waals surface area contributed by atoms with Gasteiger partial charge in [0.05, 0.1) is 0 Å². The summed E-state index contributed by atoms with van der Waals surface area (Å²) >= 11 is 0. The minimum absolute atomic E-state index is 0.143. The number of carbonyl (C=O) groups is 1. The van der Waals surface area contributed by atoms with Crippen LogP contribution in [0.25, 0.3) is 0 Å². The summed E-state index contributed by atoms with van der Waals surface area (Å²) in [6.45, 7) is 1.14. The predicted molar refractivity (Wildman–Crippen MR) is 84.7 cm³/mol. The summed E-state index contributed by atoms with van der Waals surface area (Å²) in [4.78, 5) is 11.9. The van der Waals surface area contributed by atoms with Gasteiger partial charge in [-0.1, -0.05) is 30.3 Å². The summed E-state index contributed by atoms with van der Waals surface area (Å²) in [5.41, 5.74) is 0.815. The van der Waals surface area contributed by atoms with Crippen molar-refractivity contribution in [3.8, 4) is 0 Å². The van der Waals surface area contributed by atoms with Gasteiger partial charge in [0, 0.05) is 19.3 Å². The van der Waals surface area contributed by atoms with Gasteiger partial charge in [-0.05, 0) is 37.7 Å². The molecule has 0 saturated carbocycles. The largest absolute Gasteiger partial charge is 0.408 e. The summed E-state index contributed by atoms with van der Waals surface area (Å²) in [6, 6.07) is 6.16. The van der Waals surface area contributed by atoms with Crippen molar-refractivity contribution in [2.45, 2.75) is 50.4 Å². The molecule has 24 heavy (non-hydrogen) atoms. The standard InChI is InChI=1S/C17H23F3N2O2/c18-17(19,20)15(9-8-13-5-2-1-3-6-13)22-16(23)21-14-7-4-11-24-12-10-14/h1-3,5-6,14-15H,4,7-12H2,(H2,21,22,23)/t14-,15+/m0/s1. The van der Waals surface area contributed by atoms with E-state index in [1.807, 2.05) is 6.07 Å². The van der Waals surface area contributed by atoms with Gasteiger partial charge in [-0.3, -0.25) is 0 Å². The van der Waals surface area contributed by atoms with Gasteiger partial charge in [-0.25, -0.2) is 4.79 Å². The van der Waals surface area contributed by atoms with Crippen LogP contribution in [-0.4, -0.2) is 37.5 Å². The summed E-state index contributed by atoms with van der Waals surface area (Å²) in [5.74, 6) is 0. The molecule has 1 fully saturated rings. The highest BCUT2D eigenvalue weighted by Gasteiger charge is 2.40. The third-order valence-electron chi connectivity index (χ3n) is 4.05. The molecule has 134 valence electrons. The van der Waals surface area contributed by atoms with Gasteiger partial charge in [0.1, 0.15) is 6.04 Å². The Morgan fingerprint density at radius 2 is 1.96 bits per heavy atom. The average Bonchev–Trinajstić information content (AvgIpc) is 2.80. The summed E-state index contributed by atoms with van der Waals surface area (Å²) in [6.07, 6.45) is -2.28. The molecule has 1 aromatic carbocycles. The molecular formula is C17H23F3N2O2. The Labute approximate surface area is 139 Å². The van der Waals surface area contributed by atoms with Crippen LogP contribution in [0.5, 0.6) is 0 Å². The first-order valence-corrected chi connectivity index (χ1v) is 8.20. The lowest BCUT2D eigenvalue weighted by molar-refractivity contribution is -0.154. The second kappa shape index (κ2) is 8.92. The van der Waals surface area contributed by atoms with Crippen LogP contribution in [0.2, 0.25) is 0 Å². The Balaban J connectivity index is 1.86. The lowest BCUT2D eigenvalue weighted by Gasteiger charge is -2.24. The van der Waals surface area contributed by atoms with Crippen molar-refractivity contribution in [3.05, 3.63) is 35.9 Å². The zero-order valence-corrected chi connectivity index (χ0v) is 13.4. The molecule has 2 amide bonds. The van der Waals surface area contributed by atoms with Gasteiger partial charge in [-0.2, -0.15) is 13.2 Å². The van der Waals surface area contributed by atoms with E-state index in [9.17, 15) is 18.0 Å². The number of aryl methyl sites for hydroxylation is 1. The number of carbonyl (C=O) groups excluding carboxylic acids is 1. The normalized spacial score (nSPS) is 20.0. The van der Waals surface area contributed by atoms with Gasteiger partial charge in [0.15, 0.2) is 0 Å². The molecule has 1 saturated heterocycles. The molecule has 1 aliphatic heterocycles. The number of halogens is 3. The summed E-state index contributed by atoms with van der Waals surface area (Å²) in [5, 5.41) is 4.71. The van der Waals surface area contributed by atoms with Crippen molar-refractivity contribution in [2.75, 3.05) is 13.2 Å². The molecule has 0 spiro atoms. The van der Waals surface area contributed by atoms with Crippen molar-refractivity contribution in [3.63, 3.8) is 0 Å². The third kappa shape index (κ3) is 6.39. The molecule has 0 bridgehead atoms. The van der Waals surface area contributed by atoms with E-state index in [1.165, 1.54) is 0 Å². The first kappa shape index (κ1) is 18.6. The Kier molecular flexibility index (Phi) is 6.90. The van der Waals surface area contributed by atoms with E-state index in [4.69, 9.17) is 4.74 Å². The van der Waals surface area contributed by atoms with E-state index >= 15 is 0 Å². The number of nitrogens with one attached hydrogen (secondary N) is 2. The maximum absolute atomic E-state index is 13.2. The number of rotatable bonds is 5. The fourth-order valence-corrected chi connectivity index (χ4v) is 2.71. The van der Waals surface area contributed by atoms with E-state index in [1.54, 1.807) is 24.3 Å². The molecule has 0 unspecified atom stereocenters. The van der Waals surface area contributed by atoms with Gasteiger partial charge in [-0.15, -0.1) is 0 Å². The molecule has 0 aromatic heterocycles. The first-order chi connectivity index (χ1) is 11.4. The Morgan fingerprint density at radius 3 is 2.67 bits per heavy atom. The maximum Gasteiger partial charge on any atom is 0.408 e. The van der Waals surface area contributed by atoms with Crippen LogP contribution in [0.1, 0.15) is 31.2 Å². The zero-order chi connectivity index (χ0) is 17.4. The highest BCUT2D eigenvalue weighted by molar-refractivity contribution is 5.74. The SMILES string of the molecule is O=C(N[C@H]1CCCOCC1)N[C@H](CCc1ccccc1)C(F)(F)F. The van der Waals surface area contributed by atoms with Crippen LogP contribution in [0.15, 0.2) is 30.3 Å². The van der Waals surface area contributed by atoms with Crippen LogP contribution < -0.4 is 10.6 Å². The van der Waals surface area contributed by atoms with Crippen molar-refractivity contribution < 1.29 is 22.7 Å². The predicted octanol–water partition coefficient (Wildman–Crippen LogP) is 3.42. The van der Waals surface area contributed by atoms with Crippen molar-refractivity contribution >= 4 is 6.03 Å². The minimum atomic E-state index is -4.47. The number of hydrogen-bond acceptors (Lipinski definition) is 2. The van der Waals surface area contributed by atoms with Crippen LogP contribution in [0.3, 0.4) is 0 Å². The Bertz CT molecular complexity index is 500. The Morgan fingerprint density at radius 1 is 1.21 bits per heavy atom. The lowest BCUT2D eigenvalue weighted by atomic mass is 10.0. The van der Waals surface area contributed by atoms with Crippen molar-refractivity contribution in [1.29, 1.82) is 0 Å². The number of ether oxygens (including phenoxy) is 1. The average molecular weight is 344 g/mol. The molecule has 2 rings (SSSR count). The molecular weight excluding hydrogens is 321 g/mol. The lowest BCUT2D eigenvalue weighted by Crippen LogP contribution is -2.51. The van der Waals surface area contributed by atoms with Crippen LogP contribution in [0.4, 0.5) is 18.0 Å². The summed E-state index contributed by atoms with van der Waals surface area (Å²) in [7, 11) is 0. The smallest absolute Gasteiger partial charge is 0.381 e. The van der Waals surface area contributed by atoms with Crippen molar-refractivity contribution in [1.82, 2.24) is 10.6 Å². The number of amides is 2. The van der Waals surface area contributed by atoms with Crippen LogP contribution in [-0.2, 0) is 11.2 Å². The molecule has 1 heterocycles. The molecule has 0 aliphatic carbocycles. The van der Waals surface area contributed by atoms with Crippen molar-refractivity contribution in [2.24, 2.45) is 0 Å². The fourth-order valence-electron chi connectivity index (χ4n) is 2.71. The summed E-state index contributed by atoms with van der Waals surface area (Å²) < 4.78 is 44.8. The molecule has 0 radical (unpaired) electrons. The van der Waals surface area contributed by atoms with E-state index in [0.717, 1.165) is 12.0 Å². The van der Waals surface area contributed by atoms with E-state index in [0.29, 0.717) is 26.1 Å². The topological polar surface area (TPSA) is 50.4 Å². The molecule has 2 N–H and O–H groups in total. The first-order valence-electron chi connectivity index (χ1n) is 8.20. The second-order valence-corrected chi connectivity index (χ2v) is 5.98. The van der Waals surface area contributed by atoms with Gasteiger partial charge < -0.3 is 15.4 Å². The van der Waals surface area contributed by atoms with Gasteiger partial charge in [0.25, 0.3) is 0 Å². The molecule has 4 nitrogen and oxygen atoms in total. The minimum Gasteiger partial charge on any atom is -0.381 e. The third-order valence-corrected chi connectivity index (χ3v) is 4.05.